The Bertz CT molecular complexity index is 787. The van der Waals surface area contributed by atoms with Crippen molar-refractivity contribution >= 4 is 0 Å². The van der Waals surface area contributed by atoms with Gasteiger partial charge in [-0.15, -0.1) is 0 Å². The van der Waals surface area contributed by atoms with Crippen molar-refractivity contribution in [2.45, 2.75) is 59.6 Å². The van der Waals surface area contributed by atoms with Gasteiger partial charge >= 0.3 is 0 Å². The molecule has 0 bridgehead atoms. The third kappa shape index (κ3) is 5.12. The molecule has 0 aliphatic carbocycles. The summed E-state index contributed by atoms with van der Waals surface area (Å²) in [5.74, 6) is 0.692. The molecular weight excluding hydrogens is 338 g/mol. The summed E-state index contributed by atoms with van der Waals surface area (Å²) >= 11 is 0. The standard InChI is InChI=1S/C22H31N3O2/c1-13(2)24-11-18(26)12-27-19-7-8-20(14(3)9-19)22-15(4)16(5)25-17(6)21(22)10-23/h7-9,13,18,22,24-26H,11-12H2,1-6H3. The lowest BCUT2D eigenvalue weighted by Crippen LogP contribution is -2.35. The number of allylic oxidation sites excluding steroid dienone is 4. The minimum atomic E-state index is -0.555. The van der Waals surface area contributed by atoms with Gasteiger partial charge in [0.15, 0.2) is 0 Å². The number of nitrogens with zero attached hydrogens (tertiary/aromatic N) is 1. The lowest BCUT2D eigenvalue weighted by atomic mass is 9.80. The molecule has 5 nitrogen and oxygen atoms in total. The zero-order valence-electron chi connectivity index (χ0n) is 17.2. The van der Waals surface area contributed by atoms with Crippen molar-refractivity contribution in [3.05, 3.63) is 51.9 Å². The van der Waals surface area contributed by atoms with Crippen molar-refractivity contribution in [3.63, 3.8) is 0 Å². The number of rotatable bonds is 7. The summed E-state index contributed by atoms with van der Waals surface area (Å²) in [4.78, 5) is 0. The van der Waals surface area contributed by atoms with Crippen molar-refractivity contribution in [3.8, 4) is 11.8 Å². The summed E-state index contributed by atoms with van der Waals surface area (Å²) in [6.07, 6.45) is -0.555. The van der Waals surface area contributed by atoms with Crippen LogP contribution in [-0.4, -0.2) is 30.4 Å². The van der Waals surface area contributed by atoms with Gasteiger partial charge in [0, 0.05) is 29.9 Å². The predicted octanol–water partition coefficient (Wildman–Crippen LogP) is 3.51. The summed E-state index contributed by atoms with van der Waals surface area (Å²) in [6.45, 7) is 12.9. The summed E-state index contributed by atoms with van der Waals surface area (Å²) in [7, 11) is 0. The first-order valence-electron chi connectivity index (χ1n) is 9.44. The minimum absolute atomic E-state index is 0.0360. The van der Waals surface area contributed by atoms with Crippen LogP contribution in [0.5, 0.6) is 5.75 Å². The molecular formula is C22H31N3O2. The van der Waals surface area contributed by atoms with Crippen LogP contribution in [0, 0.1) is 18.3 Å². The largest absolute Gasteiger partial charge is 0.491 e. The Morgan fingerprint density at radius 2 is 1.93 bits per heavy atom. The van der Waals surface area contributed by atoms with E-state index >= 15 is 0 Å². The van der Waals surface area contributed by atoms with Crippen LogP contribution < -0.4 is 15.4 Å². The molecule has 146 valence electrons. The van der Waals surface area contributed by atoms with E-state index in [0.717, 1.165) is 39.4 Å². The summed E-state index contributed by atoms with van der Waals surface area (Å²) in [5, 5.41) is 26.1. The number of ether oxygens (including phenoxy) is 1. The van der Waals surface area contributed by atoms with Crippen molar-refractivity contribution in [1.29, 1.82) is 5.26 Å². The molecule has 27 heavy (non-hydrogen) atoms. The van der Waals surface area contributed by atoms with E-state index in [1.807, 2.05) is 52.8 Å². The molecule has 0 spiro atoms. The predicted molar refractivity (Wildman–Crippen MR) is 108 cm³/mol. The maximum Gasteiger partial charge on any atom is 0.119 e. The Kier molecular flexibility index (Phi) is 7.06. The number of nitriles is 1. The molecule has 1 aromatic rings. The van der Waals surface area contributed by atoms with E-state index in [2.05, 4.69) is 23.6 Å². The molecule has 0 amide bonds. The molecule has 1 heterocycles. The molecule has 0 radical (unpaired) electrons. The number of dihydropyridines is 1. The van der Waals surface area contributed by atoms with E-state index < -0.39 is 6.10 Å². The quantitative estimate of drug-likeness (QED) is 0.686. The van der Waals surface area contributed by atoms with Gasteiger partial charge in [-0.1, -0.05) is 19.9 Å². The topological polar surface area (TPSA) is 77.3 Å². The molecule has 0 fully saturated rings. The van der Waals surface area contributed by atoms with E-state index in [1.54, 1.807) is 0 Å². The van der Waals surface area contributed by atoms with Gasteiger partial charge in [0.05, 0.1) is 11.6 Å². The lowest BCUT2D eigenvalue weighted by molar-refractivity contribution is 0.104. The van der Waals surface area contributed by atoms with Crippen molar-refractivity contribution in [2.75, 3.05) is 13.2 Å². The Labute approximate surface area is 162 Å². The molecule has 1 aliphatic heterocycles. The lowest BCUT2D eigenvalue weighted by Gasteiger charge is -2.29. The van der Waals surface area contributed by atoms with Gasteiger partial charge in [-0.05, 0) is 56.5 Å². The van der Waals surface area contributed by atoms with Gasteiger partial charge in [0.2, 0.25) is 0 Å². The van der Waals surface area contributed by atoms with Gasteiger partial charge < -0.3 is 20.5 Å². The first kappa shape index (κ1) is 21.0. The number of hydrogen-bond acceptors (Lipinski definition) is 5. The monoisotopic (exact) mass is 369 g/mol. The molecule has 2 unspecified atom stereocenters. The highest BCUT2D eigenvalue weighted by Crippen LogP contribution is 2.39. The van der Waals surface area contributed by atoms with Crippen LogP contribution in [0.1, 0.15) is 51.7 Å². The highest BCUT2D eigenvalue weighted by atomic mass is 16.5. The fraction of sp³-hybridized carbons (Fsp3) is 0.500. The van der Waals surface area contributed by atoms with Gasteiger partial charge in [0.1, 0.15) is 18.5 Å². The molecule has 1 aliphatic rings. The summed E-state index contributed by atoms with van der Waals surface area (Å²) < 4.78 is 5.75. The zero-order valence-corrected chi connectivity index (χ0v) is 17.2. The van der Waals surface area contributed by atoms with Crippen LogP contribution in [0.15, 0.2) is 40.7 Å². The number of aliphatic hydroxyl groups excluding tert-OH is 1. The third-order valence-corrected chi connectivity index (χ3v) is 4.97. The maximum absolute atomic E-state index is 10.0. The second kappa shape index (κ2) is 9.07. The number of aliphatic hydroxyl groups is 1. The van der Waals surface area contributed by atoms with Crippen LogP contribution in [-0.2, 0) is 0 Å². The van der Waals surface area contributed by atoms with Crippen molar-refractivity contribution in [2.24, 2.45) is 0 Å². The van der Waals surface area contributed by atoms with E-state index in [0.29, 0.717) is 12.6 Å². The SMILES string of the molecule is CC1=C(C)C(c2ccc(OCC(O)CNC(C)C)cc2C)C(C#N)=C(C)N1. The minimum Gasteiger partial charge on any atom is -0.491 e. The third-order valence-electron chi connectivity index (χ3n) is 4.97. The average molecular weight is 370 g/mol. The summed E-state index contributed by atoms with van der Waals surface area (Å²) in [5.41, 5.74) is 6.10. The normalized spacial score (nSPS) is 18.4. The van der Waals surface area contributed by atoms with Crippen LogP contribution in [0.2, 0.25) is 0 Å². The Morgan fingerprint density at radius 3 is 2.52 bits per heavy atom. The second-order valence-corrected chi connectivity index (χ2v) is 7.56. The maximum atomic E-state index is 10.0. The zero-order chi connectivity index (χ0) is 20.1. The van der Waals surface area contributed by atoms with Crippen LogP contribution in [0.25, 0.3) is 0 Å². The first-order valence-corrected chi connectivity index (χ1v) is 9.44. The number of aryl methyl sites for hydroxylation is 1. The van der Waals surface area contributed by atoms with E-state index in [4.69, 9.17) is 4.74 Å². The fourth-order valence-corrected chi connectivity index (χ4v) is 3.32. The van der Waals surface area contributed by atoms with E-state index in [9.17, 15) is 10.4 Å². The van der Waals surface area contributed by atoms with Crippen LogP contribution >= 0.6 is 0 Å². The smallest absolute Gasteiger partial charge is 0.119 e. The molecule has 3 N–H and O–H groups in total. The molecule has 1 aromatic carbocycles. The number of nitrogens with one attached hydrogen (secondary N) is 2. The van der Waals surface area contributed by atoms with Gasteiger partial charge in [0.25, 0.3) is 0 Å². The Hall–Kier alpha value is -2.29. The molecule has 0 aromatic heterocycles. The first-order chi connectivity index (χ1) is 12.7. The van der Waals surface area contributed by atoms with Crippen LogP contribution in [0.4, 0.5) is 0 Å². The fourth-order valence-electron chi connectivity index (χ4n) is 3.32. The molecule has 5 heteroatoms. The van der Waals surface area contributed by atoms with E-state index in [-0.39, 0.29) is 12.5 Å². The number of hydrogen-bond donors (Lipinski definition) is 3. The van der Waals surface area contributed by atoms with E-state index in [1.165, 1.54) is 0 Å². The average Bonchev–Trinajstić information content (AvgIpc) is 2.61. The van der Waals surface area contributed by atoms with Gasteiger partial charge in [-0.3, -0.25) is 0 Å². The highest BCUT2D eigenvalue weighted by Gasteiger charge is 2.27. The molecule has 2 rings (SSSR count). The molecule has 0 saturated heterocycles. The Morgan fingerprint density at radius 1 is 1.22 bits per heavy atom. The molecule has 2 atom stereocenters. The van der Waals surface area contributed by atoms with Gasteiger partial charge in [-0.2, -0.15) is 5.26 Å². The van der Waals surface area contributed by atoms with Crippen molar-refractivity contribution < 1.29 is 9.84 Å². The molecule has 0 saturated carbocycles. The van der Waals surface area contributed by atoms with Crippen LogP contribution in [0.3, 0.4) is 0 Å². The Balaban J connectivity index is 2.17. The van der Waals surface area contributed by atoms with Gasteiger partial charge in [-0.25, -0.2) is 0 Å². The highest BCUT2D eigenvalue weighted by molar-refractivity contribution is 5.53. The summed E-state index contributed by atoms with van der Waals surface area (Å²) in [6, 6.07) is 8.62. The number of benzene rings is 1. The van der Waals surface area contributed by atoms with Crippen molar-refractivity contribution in [1.82, 2.24) is 10.6 Å². The second-order valence-electron chi connectivity index (χ2n) is 7.56.